The van der Waals surface area contributed by atoms with Gasteiger partial charge in [0.2, 0.25) is 0 Å². The number of hydrogen-bond donors (Lipinski definition) is 0. The van der Waals surface area contributed by atoms with Crippen molar-refractivity contribution in [2.24, 2.45) is 0 Å². The average molecular weight is 294 g/mol. The zero-order valence-corrected chi connectivity index (χ0v) is 12.4. The fourth-order valence-electron chi connectivity index (χ4n) is 1.88. The number of aromatic nitrogens is 4. The second-order valence-electron chi connectivity index (χ2n) is 4.53. The molecule has 5 heteroatoms. The van der Waals surface area contributed by atoms with Crippen LogP contribution >= 0.6 is 11.8 Å². The van der Waals surface area contributed by atoms with Gasteiger partial charge < -0.3 is 0 Å². The van der Waals surface area contributed by atoms with Gasteiger partial charge in [-0.05, 0) is 43.3 Å². The molecule has 3 aromatic heterocycles. The number of aryl methyl sites for hydroxylation is 1. The van der Waals surface area contributed by atoms with Crippen LogP contribution in [0.4, 0.5) is 0 Å². The molecule has 4 nitrogen and oxygen atoms in total. The molecule has 0 unspecified atom stereocenters. The van der Waals surface area contributed by atoms with Crippen molar-refractivity contribution in [2.75, 3.05) is 0 Å². The van der Waals surface area contributed by atoms with Crippen molar-refractivity contribution in [1.29, 1.82) is 0 Å². The van der Waals surface area contributed by atoms with Gasteiger partial charge in [0.1, 0.15) is 10.7 Å². The van der Waals surface area contributed by atoms with Crippen LogP contribution in [-0.4, -0.2) is 20.2 Å². The van der Waals surface area contributed by atoms with Gasteiger partial charge in [-0.1, -0.05) is 23.9 Å². The summed E-state index contributed by atoms with van der Waals surface area (Å²) in [5.41, 5.74) is 3.70. The SMILES string of the molecule is Cc1cccc(CSc2ccc(-c3ccccn3)nn2)n1. The minimum absolute atomic E-state index is 0.786. The van der Waals surface area contributed by atoms with Crippen LogP contribution < -0.4 is 0 Å². The van der Waals surface area contributed by atoms with Crippen LogP contribution in [0.5, 0.6) is 0 Å². The van der Waals surface area contributed by atoms with E-state index in [9.17, 15) is 0 Å². The Bertz CT molecular complexity index is 714. The lowest BCUT2D eigenvalue weighted by Gasteiger charge is -2.02. The van der Waals surface area contributed by atoms with Crippen LogP contribution in [0.25, 0.3) is 11.4 Å². The number of hydrogen-bond acceptors (Lipinski definition) is 5. The summed E-state index contributed by atoms with van der Waals surface area (Å²) in [6, 6.07) is 15.7. The molecular weight excluding hydrogens is 280 g/mol. The molecule has 0 saturated carbocycles. The Balaban J connectivity index is 1.68. The smallest absolute Gasteiger partial charge is 0.119 e. The van der Waals surface area contributed by atoms with Gasteiger partial charge in [-0.25, -0.2) is 0 Å². The molecule has 0 saturated heterocycles. The standard InChI is InChI=1S/C16H14N4S/c1-12-5-4-6-13(18-12)11-21-16-9-8-15(19-20-16)14-7-2-3-10-17-14/h2-10H,11H2,1H3. The summed E-state index contributed by atoms with van der Waals surface area (Å²) >= 11 is 1.63. The molecule has 0 atom stereocenters. The highest BCUT2D eigenvalue weighted by Gasteiger charge is 2.03. The molecule has 0 amide bonds. The third-order valence-electron chi connectivity index (χ3n) is 2.88. The zero-order chi connectivity index (χ0) is 14.5. The first-order chi connectivity index (χ1) is 10.3. The normalized spacial score (nSPS) is 10.5. The zero-order valence-electron chi connectivity index (χ0n) is 11.6. The molecule has 0 N–H and O–H groups in total. The third-order valence-corrected chi connectivity index (χ3v) is 3.83. The molecular formula is C16H14N4S. The fraction of sp³-hybridized carbons (Fsp3) is 0.125. The predicted octanol–water partition coefficient (Wildman–Crippen LogP) is 3.53. The van der Waals surface area contributed by atoms with E-state index in [1.54, 1.807) is 18.0 Å². The molecule has 104 valence electrons. The van der Waals surface area contributed by atoms with E-state index in [1.807, 2.05) is 55.5 Å². The maximum atomic E-state index is 4.47. The minimum Gasteiger partial charge on any atom is -0.257 e. The summed E-state index contributed by atoms with van der Waals surface area (Å²) in [5.74, 6) is 0.791. The van der Waals surface area contributed by atoms with E-state index >= 15 is 0 Å². The van der Waals surface area contributed by atoms with Crippen LogP contribution in [0.2, 0.25) is 0 Å². The second kappa shape index (κ2) is 6.45. The highest BCUT2D eigenvalue weighted by molar-refractivity contribution is 7.98. The number of nitrogens with zero attached hydrogens (tertiary/aromatic N) is 4. The molecule has 0 aliphatic carbocycles. The molecule has 0 bridgehead atoms. The van der Waals surface area contributed by atoms with Crippen LogP contribution in [-0.2, 0) is 5.75 Å². The molecule has 0 radical (unpaired) electrons. The lowest BCUT2D eigenvalue weighted by atomic mass is 10.2. The van der Waals surface area contributed by atoms with Crippen molar-refractivity contribution in [2.45, 2.75) is 17.7 Å². The maximum Gasteiger partial charge on any atom is 0.119 e. The monoisotopic (exact) mass is 294 g/mol. The Hall–Kier alpha value is -2.27. The summed E-state index contributed by atoms with van der Waals surface area (Å²) in [7, 11) is 0. The van der Waals surface area contributed by atoms with E-state index in [0.29, 0.717) is 0 Å². The van der Waals surface area contributed by atoms with Gasteiger partial charge in [-0.2, -0.15) is 0 Å². The van der Waals surface area contributed by atoms with E-state index in [-0.39, 0.29) is 0 Å². The first-order valence-electron chi connectivity index (χ1n) is 6.62. The third kappa shape index (κ3) is 3.64. The van der Waals surface area contributed by atoms with Crippen LogP contribution in [0.3, 0.4) is 0 Å². The minimum atomic E-state index is 0.786. The van der Waals surface area contributed by atoms with Crippen molar-refractivity contribution in [3.05, 3.63) is 66.1 Å². The number of thioether (sulfide) groups is 1. The van der Waals surface area contributed by atoms with Crippen molar-refractivity contribution in [3.63, 3.8) is 0 Å². The van der Waals surface area contributed by atoms with Gasteiger partial charge in [-0.15, -0.1) is 10.2 Å². The summed E-state index contributed by atoms with van der Waals surface area (Å²) in [4.78, 5) is 8.74. The van der Waals surface area contributed by atoms with Crippen LogP contribution in [0.15, 0.2) is 59.8 Å². The van der Waals surface area contributed by atoms with Crippen molar-refractivity contribution in [3.8, 4) is 11.4 Å². The first-order valence-corrected chi connectivity index (χ1v) is 7.60. The van der Waals surface area contributed by atoms with Crippen molar-refractivity contribution < 1.29 is 0 Å². The van der Waals surface area contributed by atoms with Gasteiger partial charge in [0, 0.05) is 17.6 Å². The highest BCUT2D eigenvalue weighted by Crippen LogP contribution is 2.21. The highest BCUT2D eigenvalue weighted by atomic mass is 32.2. The lowest BCUT2D eigenvalue weighted by Crippen LogP contribution is -1.93. The molecule has 21 heavy (non-hydrogen) atoms. The molecule has 0 aromatic carbocycles. The van der Waals surface area contributed by atoms with E-state index in [2.05, 4.69) is 20.2 Å². The quantitative estimate of drug-likeness (QED) is 0.689. The molecule has 0 aliphatic heterocycles. The largest absolute Gasteiger partial charge is 0.257 e. The molecule has 3 aromatic rings. The van der Waals surface area contributed by atoms with Gasteiger partial charge >= 0.3 is 0 Å². The van der Waals surface area contributed by atoms with Crippen LogP contribution in [0, 0.1) is 6.92 Å². The summed E-state index contributed by atoms with van der Waals surface area (Å²) in [5, 5.41) is 9.35. The Kier molecular flexibility index (Phi) is 4.21. The van der Waals surface area contributed by atoms with Gasteiger partial charge in [0.05, 0.1) is 11.4 Å². The molecule has 0 spiro atoms. The fourth-order valence-corrected chi connectivity index (χ4v) is 2.60. The van der Waals surface area contributed by atoms with Crippen molar-refractivity contribution in [1.82, 2.24) is 20.2 Å². The molecule has 0 fully saturated rings. The van der Waals surface area contributed by atoms with Crippen LogP contribution in [0.1, 0.15) is 11.4 Å². The predicted molar refractivity (Wildman–Crippen MR) is 83.8 cm³/mol. The maximum absolute atomic E-state index is 4.47. The lowest BCUT2D eigenvalue weighted by molar-refractivity contribution is 0.930. The van der Waals surface area contributed by atoms with Gasteiger partial charge in [0.15, 0.2) is 0 Å². The Morgan fingerprint density at radius 1 is 0.905 bits per heavy atom. The van der Waals surface area contributed by atoms with E-state index in [4.69, 9.17) is 0 Å². The topological polar surface area (TPSA) is 51.6 Å². The average Bonchev–Trinajstić information content (AvgIpc) is 2.54. The van der Waals surface area contributed by atoms with Crippen molar-refractivity contribution >= 4 is 11.8 Å². The summed E-state index contributed by atoms with van der Waals surface area (Å²) in [6.07, 6.45) is 1.75. The van der Waals surface area contributed by atoms with Gasteiger partial charge in [0.25, 0.3) is 0 Å². The summed E-state index contributed by atoms with van der Waals surface area (Å²) < 4.78 is 0. The molecule has 3 rings (SSSR count). The summed E-state index contributed by atoms with van der Waals surface area (Å²) in [6.45, 7) is 2.00. The Morgan fingerprint density at radius 3 is 2.57 bits per heavy atom. The van der Waals surface area contributed by atoms with Gasteiger partial charge in [-0.3, -0.25) is 9.97 Å². The van der Waals surface area contributed by atoms with E-state index in [1.165, 1.54) is 0 Å². The Morgan fingerprint density at radius 2 is 1.86 bits per heavy atom. The first kappa shape index (κ1) is 13.7. The number of pyridine rings is 2. The van der Waals surface area contributed by atoms with E-state index in [0.717, 1.165) is 33.6 Å². The molecule has 0 aliphatic rings. The Labute approximate surface area is 127 Å². The second-order valence-corrected chi connectivity index (χ2v) is 5.53. The molecule has 3 heterocycles. The van der Waals surface area contributed by atoms with E-state index < -0.39 is 0 Å². The number of rotatable bonds is 4.